The van der Waals surface area contributed by atoms with Crippen LogP contribution in [0.3, 0.4) is 0 Å². The number of carbonyl (C=O) groups excluding carboxylic acids is 1. The summed E-state index contributed by atoms with van der Waals surface area (Å²) in [4.78, 5) is 14.5. The van der Waals surface area contributed by atoms with E-state index in [1.165, 1.54) is 5.56 Å². The van der Waals surface area contributed by atoms with Crippen molar-refractivity contribution in [3.63, 3.8) is 0 Å². The van der Waals surface area contributed by atoms with Crippen LogP contribution in [0.5, 0.6) is 0 Å². The van der Waals surface area contributed by atoms with E-state index in [2.05, 4.69) is 4.90 Å². The highest BCUT2D eigenvalue weighted by atomic mass is 16.5. The van der Waals surface area contributed by atoms with Gasteiger partial charge in [0.1, 0.15) is 0 Å². The van der Waals surface area contributed by atoms with E-state index in [0.29, 0.717) is 6.54 Å². The van der Waals surface area contributed by atoms with Gasteiger partial charge in [-0.1, -0.05) is 23.8 Å². The Morgan fingerprint density at radius 2 is 1.80 bits per heavy atom. The quantitative estimate of drug-likeness (QED) is 0.770. The van der Waals surface area contributed by atoms with Crippen LogP contribution in [0.15, 0.2) is 18.2 Å². The SMILES string of the molecule is COC1CN(CC(=O)c2ccc(C)cc2C)CC1OC. The number of hydrogen-bond acceptors (Lipinski definition) is 4. The minimum absolute atomic E-state index is 0.0481. The van der Waals surface area contributed by atoms with Crippen molar-refractivity contribution >= 4 is 5.78 Å². The number of aryl methyl sites for hydroxylation is 2. The minimum Gasteiger partial charge on any atom is -0.377 e. The first-order valence-electron chi connectivity index (χ1n) is 6.93. The van der Waals surface area contributed by atoms with E-state index in [4.69, 9.17) is 9.47 Å². The van der Waals surface area contributed by atoms with Crippen LogP contribution in [-0.2, 0) is 9.47 Å². The summed E-state index contributed by atoms with van der Waals surface area (Å²) in [6.45, 7) is 5.93. The van der Waals surface area contributed by atoms with Crippen LogP contribution in [-0.4, -0.2) is 56.7 Å². The number of hydrogen-bond donors (Lipinski definition) is 0. The van der Waals surface area contributed by atoms with Crippen LogP contribution in [0.2, 0.25) is 0 Å². The van der Waals surface area contributed by atoms with Crippen LogP contribution in [0.1, 0.15) is 21.5 Å². The minimum atomic E-state index is 0.0481. The summed E-state index contributed by atoms with van der Waals surface area (Å²) in [5, 5.41) is 0. The molecule has 1 aromatic rings. The van der Waals surface area contributed by atoms with Crippen LogP contribution < -0.4 is 0 Å². The second kappa shape index (κ2) is 6.48. The molecule has 20 heavy (non-hydrogen) atoms. The van der Waals surface area contributed by atoms with Crippen LogP contribution in [0, 0.1) is 13.8 Å². The molecule has 0 bridgehead atoms. The van der Waals surface area contributed by atoms with Gasteiger partial charge in [-0.3, -0.25) is 9.69 Å². The Morgan fingerprint density at radius 1 is 1.20 bits per heavy atom. The summed E-state index contributed by atoms with van der Waals surface area (Å²) in [5.41, 5.74) is 3.03. The number of methoxy groups -OCH3 is 2. The fourth-order valence-electron chi connectivity index (χ4n) is 2.82. The summed E-state index contributed by atoms with van der Waals surface area (Å²) in [5.74, 6) is 0.161. The van der Waals surface area contributed by atoms with Crippen molar-refractivity contribution in [1.29, 1.82) is 0 Å². The normalized spacial score (nSPS) is 23.2. The second-order valence-corrected chi connectivity index (χ2v) is 5.48. The number of carbonyl (C=O) groups is 1. The maximum absolute atomic E-state index is 12.4. The van der Waals surface area contributed by atoms with Crippen molar-refractivity contribution in [2.45, 2.75) is 26.1 Å². The third kappa shape index (κ3) is 3.26. The zero-order chi connectivity index (χ0) is 14.7. The molecule has 1 fully saturated rings. The number of rotatable bonds is 5. The zero-order valence-electron chi connectivity index (χ0n) is 12.7. The molecule has 1 saturated heterocycles. The third-order valence-electron chi connectivity index (χ3n) is 3.95. The van der Waals surface area contributed by atoms with Crippen LogP contribution in [0.4, 0.5) is 0 Å². The third-order valence-corrected chi connectivity index (χ3v) is 3.95. The second-order valence-electron chi connectivity index (χ2n) is 5.48. The number of ether oxygens (including phenoxy) is 2. The van der Waals surface area contributed by atoms with Gasteiger partial charge in [0.05, 0.1) is 18.8 Å². The largest absolute Gasteiger partial charge is 0.377 e. The first-order chi connectivity index (χ1) is 9.55. The van der Waals surface area contributed by atoms with Crippen molar-refractivity contribution in [1.82, 2.24) is 4.90 Å². The summed E-state index contributed by atoms with van der Waals surface area (Å²) < 4.78 is 10.8. The van der Waals surface area contributed by atoms with Crippen molar-refractivity contribution in [3.05, 3.63) is 34.9 Å². The molecule has 2 rings (SSSR count). The Balaban J connectivity index is 2.02. The first-order valence-corrected chi connectivity index (χ1v) is 6.93. The Morgan fingerprint density at radius 3 is 2.30 bits per heavy atom. The molecule has 0 saturated carbocycles. The molecular formula is C16H23NO3. The van der Waals surface area contributed by atoms with Crippen molar-refractivity contribution < 1.29 is 14.3 Å². The summed E-state index contributed by atoms with van der Waals surface area (Å²) in [6.07, 6.45) is 0.0961. The molecule has 0 N–H and O–H groups in total. The predicted octanol–water partition coefficient (Wildman–Crippen LogP) is 1.83. The molecule has 4 nitrogen and oxygen atoms in total. The Labute approximate surface area is 120 Å². The average Bonchev–Trinajstić information content (AvgIpc) is 2.80. The van der Waals surface area contributed by atoms with E-state index in [-0.39, 0.29) is 18.0 Å². The molecule has 1 heterocycles. The van der Waals surface area contributed by atoms with Gasteiger partial charge in [0.15, 0.2) is 5.78 Å². The molecule has 0 radical (unpaired) electrons. The topological polar surface area (TPSA) is 38.8 Å². The molecule has 1 aromatic carbocycles. The van der Waals surface area contributed by atoms with Crippen molar-refractivity contribution in [2.24, 2.45) is 0 Å². The first kappa shape index (κ1) is 15.2. The van der Waals surface area contributed by atoms with Gasteiger partial charge in [0.25, 0.3) is 0 Å². The Bertz CT molecular complexity index is 475. The average molecular weight is 277 g/mol. The van der Waals surface area contributed by atoms with Crippen molar-refractivity contribution in [2.75, 3.05) is 33.9 Å². The molecule has 4 heteroatoms. The van der Waals surface area contributed by atoms with Gasteiger partial charge in [-0.15, -0.1) is 0 Å². The van der Waals surface area contributed by atoms with Crippen molar-refractivity contribution in [3.8, 4) is 0 Å². The number of ketones is 1. The molecular weight excluding hydrogens is 254 g/mol. The number of nitrogens with zero attached hydrogens (tertiary/aromatic N) is 1. The van der Waals surface area contributed by atoms with Crippen LogP contribution >= 0.6 is 0 Å². The van der Waals surface area contributed by atoms with E-state index < -0.39 is 0 Å². The predicted molar refractivity (Wildman–Crippen MR) is 78.3 cm³/mol. The number of Topliss-reactive ketones (excluding diaryl/α,β-unsaturated/α-hetero) is 1. The highest BCUT2D eigenvalue weighted by Crippen LogP contribution is 2.17. The summed E-state index contributed by atoms with van der Waals surface area (Å²) >= 11 is 0. The molecule has 1 aliphatic heterocycles. The van der Waals surface area contributed by atoms with Gasteiger partial charge in [0.2, 0.25) is 0 Å². The lowest BCUT2D eigenvalue weighted by Crippen LogP contribution is -2.29. The molecule has 0 aromatic heterocycles. The molecule has 2 unspecified atom stereocenters. The van der Waals surface area contributed by atoms with Gasteiger partial charge in [-0.2, -0.15) is 0 Å². The molecule has 0 amide bonds. The maximum Gasteiger partial charge on any atom is 0.177 e. The monoisotopic (exact) mass is 277 g/mol. The van der Waals surface area contributed by atoms with E-state index in [1.807, 2.05) is 32.0 Å². The zero-order valence-corrected chi connectivity index (χ0v) is 12.7. The fourth-order valence-corrected chi connectivity index (χ4v) is 2.82. The lowest BCUT2D eigenvalue weighted by molar-refractivity contribution is -0.00461. The molecule has 1 aliphatic rings. The van der Waals surface area contributed by atoms with Gasteiger partial charge >= 0.3 is 0 Å². The van der Waals surface area contributed by atoms with E-state index >= 15 is 0 Å². The fraction of sp³-hybridized carbons (Fsp3) is 0.562. The summed E-state index contributed by atoms with van der Waals surface area (Å²) in [6, 6.07) is 5.96. The number of likely N-dealkylation sites (tertiary alicyclic amines) is 1. The lowest BCUT2D eigenvalue weighted by atomic mass is 10.0. The summed E-state index contributed by atoms with van der Waals surface area (Å²) in [7, 11) is 3.37. The highest BCUT2D eigenvalue weighted by molar-refractivity contribution is 5.99. The van der Waals surface area contributed by atoms with E-state index in [1.54, 1.807) is 14.2 Å². The molecule has 2 atom stereocenters. The highest BCUT2D eigenvalue weighted by Gasteiger charge is 2.33. The molecule has 0 aliphatic carbocycles. The Hall–Kier alpha value is -1.23. The Kier molecular flexibility index (Phi) is 4.91. The van der Waals surface area contributed by atoms with E-state index in [0.717, 1.165) is 24.2 Å². The van der Waals surface area contributed by atoms with E-state index in [9.17, 15) is 4.79 Å². The van der Waals surface area contributed by atoms with Gasteiger partial charge in [-0.05, 0) is 19.4 Å². The smallest absolute Gasteiger partial charge is 0.177 e. The standard InChI is InChI=1S/C16H23NO3/c1-11-5-6-13(12(2)7-11)14(18)8-17-9-15(19-3)16(10-17)20-4/h5-7,15-16H,8-10H2,1-4H3. The van der Waals surface area contributed by atoms with Gasteiger partial charge in [0, 0.05) is 32.9 Å². The van der Waals surface area contributed by atoms with Gasteiger partial charge in [-0.25, -0.2) is 0 Å². The molecule has 0 spiro atoms. The van der Waals surface area contributed by atoms with Crippen LogP contribution in [0.25, 0.3) is 0 Å². The lowest BCUT2D eigenvalue weighted by Gasteiger charge is -2.15. The molecule has 110 valence electrons. The number of benzene rings is 1. The van der Waals surface area contributed by atoms with Gasteiger partial charge < -0.3 is 9.47 Å². The maximum atomic E-state index is 12.4.